The molecule has 2 saturated heterocycles. The number of amides is 2. The van der Waals surface area contributed by atoms with Crippen molar-refractivity contribution in [3.05, 3.63) is 85.1 Å². The molecule has 3 aliphatic heterocycles. The van der Waals surface area contributed by atoms with Crippen molar-refractivity contribution in [2.45, 2.75) is 196 Å². The smallest absolute Gasteiger partial charge is 0.308 e. The van der Waals surface area contributed by atoms with Gasteiger partial charge in [0.2, 0.25) is 11.8 Å². The van der Waals surface area contributed by atoms with Gasteiger partial charge in [-0.25, -0.2) is 0 Å². The summed E-state index contributed by atoms with van der Waals surface area (Å²) in [6, 6.07) is -1.24. The first kappa shape index (κ1) is 68.2. The van der Waals surface area contributed by atoms with Crippen LogP contribution in [-0.2, 0) is 33.3 Å². The molecule has 2 amide bonds. The van der Waals surface area contributed by atoms with Crippen LogP contribution in [0.25, 0.3) is 0 Å². The molecule has 0 aromatic rings. The molecule has 3 rings (SSSR count). The number of esters is 1. The second kappa shape index (κ2) is 34.3. The Morgan fingerprint density at radius 3 is 1.91 bits per heavy atom. The maximum Gasteiger partial charge on any atom is 0.308 e. The van der Waals surface area contributed by atoms with Gasteiger partial charge in [0.1, 0.15) is 18.3 Å². The number of carbonyl (C=O) groups excluding carboxylic acids is 3. The van der Waals surface area contributed by atoms with Crippen molar-refractivity contribution in [3.8, 4) is 0 Å². The molecule has 3 heterocycles. The van der Waals surface area contributed by atoms with Gasteiger partial charge in [-0.2, -0.15) is 0 Å². The van der Waals surface area contributed by atoms with Crippen LogP contribution < -0.4 is 21.3 Å². The van der Waals surface area contributed by atoms with E-state index in [2.05, 4.69) is 21.3 Å². The standard InChI is InChI=1S/C56H92N4O18/c1-34-20-18-16-14-12-10-8-9-11-13-15-17-19-21-41(77-54-52(72)49(51(71)37(4)76-54)60-46(68)32-57-7)29-45-48(53(73)58-24-25-59-55(5,6)33-61)44(67)31-56(74,78-45)30-40(64)27-43(66)42(65)23-22-38(62)26-39(63)28-47(69)75-36(3)35(2)50(34)70/h8-21,34-45,48-52,54,57,59,61-67,70-72,74H,22-33H2,1-7H3,(H,58,73)(H,60,68)/b9-8+,12-10+,13-11+,16-14+,17-15+,20-18+,21-19+/t34-,35-,36-,37-,38+,39+,40-,41-,42+,43+,44-,45-,48+,49-,50+,51+,52-,54+,56+/m0/s1. The van der Waals surface area contributed by atoms with Crippen LogP contribution in [0.3, 0.4) is 0 Å². The fourth-order valence-corrected chi connectivity index (χ4v) is 9.28. The maximum absolute atomic E-state index is 14.0. The molecule has 0 unspecified atom stereocenters. The van der Waals surface area contributed by atoms with Gasteiger partial charge in [-0.3, -0.25) is 14.4 Å². The molecule has 0 saturated carbocycles. The lowest BCUT2D eigenvalue weighted by atomic mass is 9.82. The molecule has 2 fully saturated rings. The monoisotopic (exact) mass is 1110 g/mol. The third-order valence-electron chi connectivity index (χ3n) is 14.1. The summed E-state index contributed by atoms with van der Waals surface area (Å²) in [5.74, 6) is -6.41. The number of carbonyl (C=O) groups is 3. The van der Waals surface area contributed by atoms with Gasteiger partial charge < -0.3 is 96.4 Å². The van der Waals surface area contributed by atoms with Crippen LogP contribution >= 0.6 is 0 Å². The van der Waals surface area contributed by atoms with Gasteiger partial charge in [0.15, 0.2) is 12.1 Å². The highest BCUT2D eigenvalue weighted by atomic mass is 16.7. The van der Waals surface area contributed by atoms with Crippen LogP contribution in [0.2, 0.25) is 0 Å². The van der Waals surface area contributed by atoms with E-state index in [9.17, 15) is 70.6 Å². The Hall–Kier alpha value is -4.05. The quantitative estimate of drug-likeness (QED) is 0.0914. The number of aliphatic hydroxyl groups excluding tert-OH is 10. The molecule has 3 aliphatic rings. The fourth-order valence-electron chi connectivity index (χ4n) is 9.28. The lowest BCUT2D eigenvalue weighted by Crippen LogP contribution is -2.64. The van der Waals surface area contributed by atoms with Crippen molar-refractivity contribution in [2.75, 3.05) is 33.3 Å². The summed E-state index contributed by atoms with van der Waals surface area (Å²) in [7, 11) is 1.55. The van der Waals surface area contributed by atoms with E-state index < -0.39 is 158 Å². The van der Waals surface area contributed by atoms with Gasteiger partial charge in [0, 0.05) is 56.1 Å². The average molecular weight is 1110 g/mol. The summed E-state index contributed by atoms with van der Waals surface area (Å²) < 4.78 is 24.0. The maximum atomic E-state index is 14.0. The molecule has 19 atom stereocenters. The van der Waals surface area contributed by atoms with E-state index in [0.717, 1.165) is 0 Å². The number of ether oxygens (including phenoxy) is 4. The molecule has 2 bridgehead atoms. The van der Waals surface area contributed by atoms with E-state index in [1.807, 2.05) is 25.2 Å². The second-order valence-corrected chi connectivity index (χ2v) is 21.5. The van der Waals surface area contributed by atoms with E-state index in [4.69, 9.17) is 18.9 Å². The number of aliphatic hydroxyl groups is 11. The van der Waals surface area contributed by atoms with Gasteiger partial charge >= 0.3 is 5.97 Å². The Bertz CT molecular complexity index is 2020. The lowest BCUT2D eigenvalue weighted by molar-refractivity contribution is -0.307. The number of cyclic esters (lactones) is 1. The number of likely N-dealkylation sites (N-methyl/N-ethyl adjacent to an activating group) is 1. The summed E-state index contributed by atoms with van der Waals surface area (Å²) >= 11 is 0. The second-order valence-electron chi connectivity index (χ2n) is 21.5. The summed E-state index contributed by atoms with van der Waals surface area (Å²) in [4.78, 5) is 39.4. The first-order chi connectivity index (χ1) is 36.8. The Morgan fingerprint density at radius 2 is 1.31 bits per heavy atom. The van der Waals surface area contributed by atoms with Crippen LogP contribution in [0.5, 0.6) is 0 Å². The summed E-state index contributed by atoms with van der Waals surface area (Å²) in [5.41, 5.74) is -0.669. The molecule has 78 heavy (non-hydrogen) atoms. The van der Waals surface area contributed by atoms with Crippen LogP contribution in [-0.4, -0.2) is 210 Å². The number of allylic oxidation sites excluding steroid dienone is 12. The molecule has 0 spiro atoms. The number of nitrogens with one attached hydrogen (secondary N) is 4. The highest BCUT2D eigenvalue weighted by Gasteiger charge is 2.51. The number of hydrogen-bond donors (Lipinski definition) is 15. The predicted molar refractivity (Wildman–Crippen MR) is 289 cm³/mol. The highest BCUT2D eigenvalue weighted by molar-refractivity contribution is 5.80. The summed E-state index contributed by atoms with van der Waals surface area (Å²) in [5, 5.41) is 132. The third-order valence-corrected chi connectivity index (χ3v) is 14.1. The zero-order valence-corrected chi connectivity index (χ0v) is 46.2. The normalized spacial score (nSPS) is 40.0. The largest absolute Gasteiger partial charge is 0.462 e. The molecular weight excluding hydrogens is 1020 g/mol. The first-order valence-electron chi connectivity index (χ1n) is 27.1. The molecule has 0 aromatic carbocycles. The van der Waals surface area contributed by atoms with Crippen molar-refractivity contribution in [1.29, 1.82) is 0 Å². The zero-order chi connectivity index (χ0) is 58.2. The van der Waals surface area contributed by atoms with Crippen molar-refractivity contribution in [1.82, 2.24) is 21.3 Å². The van der Waals surface area contributed by atoms with Gasteiger partial charge in [-0.1, -0.05) is 98.9 Å². The van der Waals surface area contributed by atoms with E-state index in [0.29, 0.717) is 0 Å². The predicted octanol–water partition coefficient (Wildman–Crippen LogP) is -0.519. The minimum absolute atomic E-state index is 0.0550. The van der Waals surface area contributed by atoms with Crippen molar-refractivity contribution < 1.29 is 89.5 Å². The lowest BCUT2D eigenvalue weighted by Gasteiger charge is -2.46. The van der Waals surface area contributed by atoms with Crippen LogP contribution in [0.15, 0.2) is 85.1 Å². The van der Waals surface area contributed by atoms with Crippen LogP contribution in [0, 0.1) is 17.8 Å². The minimum atomic E-state index is -2.34. The zero-order valence-electron chi connectivity index (χ0n) is 46.2. The van der Waals surface area contributed by atoms with Gasteiger partial charge in [0.05, 0.1) is 92.6 Å². The van der Waals surface area contributed by atoms with Gasteiger partial charge in [-0.05, 0) is 54.0 Å². The van der Waals surface area contributed by atoms with E-state index >= 15 is 0 Å². The Kier molecular flexibility index (Phi) is 30.0. The van der Waals surface area contributed by atoms with Crippen LogP contribution in [0.1, 0.15) is 92.9 Å². The molecule has 0 radical (unpaired) electrons. The molecule has 0 aliphatic carbocycles. The molecule has 22 heteroatoms. The topological polar surface area (TPSA) is 359 Å². The van der Waals surface area contributed by atoms with Crippen LogP contribution in [0.4, 0.5) is 0 Å². The van der Waals surface area contributed by atoms with Crippen molar-refractivity contribution >= 4 is 17.8 Å². The fraction of sp³-hybridized carbons (Fsp3) is 0.696. The Morgan fingerprint density at radius 1 is 0.705 bits per heavy atom. The molecule has 0 aromatic heterocycles. The third kappa shape index (κ3) is 24.0. The van der Waals surface area contributed by atoms with Crippen molar-refractivity contribution in [2.24, 2.45) is 17.8 Å². The Balaban J connectivity index is 2.00. The number of hydrogen-bond acceptors (Lipinski definition) is 20. The molecule has 15 N–H and O–H groups in total. The van der Waals surface area contributed by atoms with Crippen molar-refractivity contribution in [3.63, 3.8) is 0 Å². The highest BCUT2D eigenvalue weighted by Crippen LogP contribution is 2.38. The molecule has 444 valence electrons. The van der Waals surface area contributed by atoms with E-state index in [-0.39, 0.29) is 57.8 Å². The van der Waals surface area contributed by atoms with E-state index in [1.165, 1.54) is 6.92 Å². The molecule has 22 nitrogen and oxygen atoms in total. The number of fused-ring (bicyclic) bond motifs is 2. The first-order valence-corrected chi connectivity index (χ1v) is 27.1. The van der Waals surface area contributed by atoms with Gasteiger partial charge in [-0.15, -0.1) is 0 Å². The van der Waals surface area contributed by atoms with Gasteiger partial charge in [0.25, 0.3) is 0 Å². The summed E-state index contributed by atoms with van der Waals surface area (Å²) in [6.07, 6.45) is 3.12. The minimum Gasteiger partial charge on any atom is -0.462 e. The number of rotatable bonds is 11. The molecular formula is C56H92N4O18. The van der Waals surface area contributed by atoms with E-state index in [1.54, 1.807) is 102 Å². The average Bonchev–Trinajstić information content (AvgIpc) is 3.38. The summed E-state index contributed by atoms with van der Waals surface area (Å²) in [6.45, 7) is 10.2. The SMILES string of the molecule is CNCC(=O)N[C@@H]1[C@H](O)[C@@H](O[C@H]2/C=C/C=C/C=C/C=C/C=C/C=C/C=C/[C@H](C)[C@@H](O)[C@@H](C)[C@H](C)OC(=O)C[C@H](O)C[C@H](O)CC[C@@H](O)[C@H](O)C[C@H](O)C[C@]3(O)C[C@H](O)[C@@H](C(=O)NCCNC(C)(C)CO)[C@H](C2)O3)O[C@@H](C)[C@H]1O. The Labute approximate surface area is 459 Å².